The number of likely N-dealkylation sites (N-methyl/N-ethyl adjacent to an activating group) is 1. The minimum atomic E-state index is -1.01. The van der Waals surface area contributed by atoms with E-state index in [2.05, 4.69) is 0 Å². The van der Waals surface area contributed by atoms with Crippen LogP contribution in [0.4, 0.5) is 0 Å². The number of carbonyl (C=O) groups excluding carboxylic acids is 1. The van der Waals surface area contributed by atoms with Gasteiger partial charge in [0.15, 0.2) is 6.10 Å². The number of hydrogen-bond donors (Lipinski definition) is 1. The van der Waals surface area contributed by atoms with Crippen molar-refractivity contribution < 1.29 is 19.4 Å². The summed E-state index contributed by atoms with van der Waals surface area (Å²) in [5, 5.41) is 9.52. The molecule has 1 amide bonds. The molecule has 0 bridgehead atoms. The Balaban J connectivity index is 2.03. The van der Waals surface area contributed by atoms with Crippen molar-refractivity contribution in [2.24, 2.45) is 0 Å². The molecule has 0 unspecified atom stereocenters. The van der Waals surface area contributed by atoms with E-state index in [-0.39, 0.29) is 5.91 Å². The normalized spacial score (nSPS) is 21.2. The van der Waals surface area contributed by atoms with Crippen molar-refractivity contribution in [1.82, 2.24) is 4.90 Å². The highest BCUT2D eigenvalue weighted by Gasteiger charge is 2.36. The Morgan fingerprint density at radius 2 is 2.00 bits per heavy atom. The molecule has 21 heavy (non-hydrogen) atoms. The van der Waals surface area contributed by atoms with Crippen LogP contribution in [-0.2, 0) is 20.9 Å². The van der Waals surface area contributed by atoms with Crippen molar-refractivity contribution in [3.8, 4) is 0 Å². The van der Waals surface area contributed by atoms with E-state index in [9.17, 15) is 9.59 Å². The van der Waals surface area contributed by atoms with Gasteiger partial charge < -0.3 is 14.7 Å². The highest BCUT2D eigenvalue weighted by Crippen LogP contribution is 2.23. The fourth-order valence-corrected chi connectivity index (χ4v) is 2.58. The number of hydrogen-bond acceptors (Lipinski definition) is 3. The molecule has 1 aliphatic heterocycles. The van der Waals surface area contributed by atoms with Gasteiger partial charge in [0, 0.05) is 18.1 Å². The molecule has 0 spiro atoms. The van der Waals surface area contributed by atoms with Crippen LogP contribution in [-0.4, -0.2) is 40.6 Å². The van der Waals surface area contributed by atoms with Crippen molar-refractivity contribution in [2.75, 3.05) is 6.54 Å². The second-order valence-electron chi connectivity index (χ2n) is 4.97. The molecule has 1 fully saturated rings. The van der Waals surface area contributed by atoms with Crippen molar-refractivity contribution in [1.29, 1.82) is 0 Å². The number of benzene rings is 1. The minimum absolute atomic E-state index is 0.179. The number of halogens is 1. The summed E-state index contributed by atoms with van der Waals surface area (Å²) in [5.41, 5.74) is 0.863. The van der Waals surface area contributed by atoms with Crippen LogP contribution in [0.2, 0.25) is 5.02 Å². The SMILES string of the molecule is CCN(Cc1ccccc1Cl)C(=O)[C@@H]1CC[C@H](C(=O)O)O1. The molecule has 0 aliphatic carbocycles. The van der Waals surface area contributed by atoms with Crippen LogP contribution in [0, 0.1) is 0 Å². The summed E-state index contributed by atoms with van der Waals surface area (Å²) >= 11 is 6.11. The fraction of sp³-hybridized carbons (Fsp3) is 0.467. The molecule has 1 saturated heterocycles. The number of nitrogens with zero attached hydrogens (tertiary/aromatic N) is 1. The van der Waals surface area contributed by atoms with Crippen molar-refractivity contribution in [3.05, 3.63) is 34.9 Å². The van der Waals surface area contributed by atoms with Crippen molar-refractivity contribution in [2.45, 2.75) is 38.5 Å². The maximum absolute atomic E-state index is 12.4. The van der Waals surface area contributed by atoms with Gasteiger partial charge in [0.25, 0.3) is 5.91 Å². The van der Waals surface area contributed by atoms with Gasteiger partial charge in [-0.05, 0) is 31.4 Å². The Kier molecular flexibility index (Phi) is 5.20. The highest BCUT2D eigenvalue weighted by atomic mass is 35.5. The molecule has 1 aromatic carbocycles. The zero-order chi connectivity index (χ0) is 15.4. The topological polar surface area (TPSA) is 66.8 Å². The van der Waals surface area contributed by atoms with Gasteiger partial charge in [0.05, 0.1) is 0 Å². The number of carboxylic acids is 1. The Bertz CT molecular complexity index is 534. The van der Waals surface area contributed by atoms with E-state index in [1.54, 1.807) is 11.0 Å². The zero-order valence-electron chi connectivity index (χ0n) is 11.8. The van der Waals surface area contributed by atoms with Gasteiger partial charge in [0.1, 0.15) is 6.10 Å². The zero-order valence-corrected chi connectivity index (χ0v) is 12.5. The quantitative estimate of drug-likeness (QED) is 0.906. The Hall–Kier alpha value is -1.59. The first-order valence-electron chi connectivity index (χ1n) is 6.93. The summed E-state index contributed by atoms with van der Waals surface area (Å²) in [6, 6.07) is 7.35. The fourth-order valence-electron chi connectivity index (χ4n) is 2.38. The predicted octanol–water partition coefficient (Wildman–Crippen LogP) is 2.32. The number of ether oxygens (including phenoxy) is 1. The van der Waals surface area contributed by atoms with E-state index in [4.69, 9.17) is 21.4 Å². The standard InChI is InChI=1S/C15H18ClNO4/c1-2-17(9-10-5-3-4-6-11(10)16)14(18)12-7-8-13(21-12)15(19)20/h3-6,12-13H,2,7-9H2,1H3,(H,19,20)/t12-,13+/m0/s1. The van der Waals surface area contributed by atoms with Crippen LogP contribution < -0.4 is 0 Å². The molecule has 0 saturated carbocycles. The first-order valence-corrected chi connectivity index (χ1v) is 7.31. The molecule has 2 rings (SSSR count). The van der Waals surface area contributed by atoms with Gasteiger partial charge in [0.2, 0.25) is 0 Å². The molecular weight excluding hydrogens is 294 g/mol. The van der Waals surface area contributed by atoms with Gasteiger partial charge in [-0.25, -0.2) is 4.79 Å². The van der Waals surface area contributed by atoms with Gasteiger partial charge in [-0.1, -0.05) is 29.8 Å². The summed E-state index contributed by atoms with van der Waals surface area (Å²) in [6.45, 7) is 2.78. The molecule has 114 valence electrons. The average molecular weight is 312 g/mol. The van der Waals surface area contributed by atoms with Gasteiger partial charge in [-0.15, -0.1) is 0 Å². The summed E-state index contributed by atoms with van der Waals surface area (Å²) in [7, 11) is 0. The number of aliphatic carboxylic acids is 1. The average Bonchev–Trinajstić information content (AvgIpc) is 2.96. The molecule has 5 nitrogen and oxygen atoms in total. The van der Waals surface area contributed by atoms with E-state index in [1.165, 1.54) is 0 Å². The van der Waals surface area contributed by atoms with E-state index in [1.807, 2.05) is 25.1 Å². The third kappa shape index (κ3) is 3.74. The van der Waals surface area contributed by atoms with Crippen molar-refractivity contribution >= 4 is 23.5 Å². The summed E-state index contributed by atoms with van der Waals surface area (Å²) < 4.78 is 5.31. The molecule has 1 heterocycles. The lowest BCUT2D eigenvalue weighted by Gasteiger charge is -2.24. The largest absolute Gasteiger partial charge is 0.479 e. The van der Waals surface area contributed by atoms with Gasteiger partial charge in [-0.2, -0.15) is 0 Å². The molecule has 2 atom stereocenters. The molecule has 6 heteroatoms. The first kappa shape index (κ1) is 15.8. The number of carbonyl (C=O) groups is 2. The third-order valence-electron chi connectivity index (χ3n) is 3.58. The third-order valence-corrected chi connectivity index (χ3v) is 3.95. The first-order chi connectivity index (χ1) is 10.0. The van der Waals surface area contributed by atoms with E-state index in [0.29, 0.717) is 31.0 Å². The van der Waals surface area contributed by atoms with E-state index in [0.717, 1.165) is 5.56 Å². The number of carboxylic acid groups (broad SMARTS) is 1. The maximum atomic E-state index is 12.4. The van der Waals surface area contributed by atoms with Crippen LogP contribution in [0.25, 0.3) is 0 Å². The lowest BCUT2D eigenvalue weighted by atomic mass is 10.1. The Morgan fingerprint density at radius 3 is 2.57 bits per heavy atom. The Labute approximate surface area is 128 Å². The second-order valence-corrected chi connectivity index (χ2v) is 5.38. The maximum Gasteiger partial charge on any atom is 0.332 e. The minimum Gasteiger partial charge on any atom is -0.479 e. The summed E-state index contributed by atoms with van der Waals surface area (Å²) in [6.07, 6.45) is -0.740. The monoisotopic (exact) mass is 311 g/mol. The van der Waals surface area contributed by atoms with Gasteiger partial charge in [-0.3, -0.25) is 4.79 Å². The lowest BCUT2D eigenvalue weighted by molar-refractivity contribution is -0.155. The second kappa shape index (κ2) is 6.91. The Morgan fingerprint density at radius 1 is 1.33 bits per heavy atom. The summed E-state index contributed by atoms with van der Waals surface area (Å²) in [4.78, 5) is 24.9. The van der Waals surface area contributed by atoms with Crippen LogP contribution in [0.5, 0.6) is 0 Å². The van der Waals surface area contributed by atoms with E-state index < -0.39 is 18.2 Å². The molecular formula is C15H18ClNO4. The number of amides is 1. The van der Waals surface area contributed by atoms with Crippen molar-refractivity contribution in [3.63, 3.8) is 0 Å². The molecule has 0 aromatic heterocycles. The molecule has 0 radical (unpaired) electrons. The van der Waals surface area contributed by atoms with E-state index >= 15 is 0 Å². The predicted molar refractivity (Wildman–Crippen MR) is 78.1 cm³/mol. The molecule has 1 aromatic rings. The van der Waals surface area contributed by atoms with Gasteiger partial charge >= 0.3 is 5.97 Å². The highest BCUT2D eigenvalue weighted by molar-refractivity contribution is 6.31. The van der Waals surface area contributed by atoms with Crippen LogP contribution >= 0.6 is 11.6 Å². The van der Waals surface area contributed by atoms with Crippen LogP contribution in [0.15, 0.2) is 24.3 Å². The summed E-state index contributed by atoms with van der Waals surface area (Å²) in [5.74, 6) is -1.19. The molecule has 1 aliphatic rings. The number of rotatable bonds is 5. The van der Waals surface area contributed by atoms with Crippen LogP contribution in [0.1, 0.15) is 25.3 Å². The van der Waals surface area contributed by atoms with Crippen LogP contribution in [0.3, 0.4) is 0 Å². The molecule has 1 N–H and O–H groups in total. The smallest absolute Gasteiger partial charge is 0.332 e. The lowest BCUT2D eigenvalue weighted by Crippen LogP contribution is -2.39.